The zero-order chi connectivity index (χ0) is 21.2. The zero-order valence-electron chi connectivity index (χ0n) is 17.1. The van der Waals surface area contributed by atoms with Gasteiger partial charge in [-0.3, -0.25) is 10.1 Å². The first-order valence-corrected chi connectivity index (χ1v) is 9.59. The lowest BCUT2D eigenvalue weighted by Gasteiger charge is -2.36. The Morgan fingerprint density at radius 2 is 1.93 bits per heavy atom. The standard InChI is InChI=1S/C19H26N6O4/c1-5-20-15-11-14-13(10-16(15)25(27)28)17(22-12-21-14)23-6-8-24(9-7-23)18(26)29-19(2,3)4/h10-12,20H,5-9H2,1-4H3. The number of hydrogen-bond donors (Lipinski definition) is 1. The predicted octanol–water partition coefficient (Wildman–Crippen LogP) is 3.03. The molecular formula is C19H26N6O4. The summed E-state index contributed by atoms with van der Waals surface area (Å²) < 4.78 is 5.43. The molecule has 1 fully saturated rings. The van der Waals surface area contributed by atoms with E-state index in [1.165, 1.54) is 12.4 Å². The molecule has 0 spiro atoms. The number of aromatic nitrogens is 2. The van der Waals surface area contributed by atoms with Gasteiger partial charge in [-0.05, 0) is 33.8 Å². The van der Waals surface area contributed by atoms with Crippen molar-refractivity contribution >= 4 is 34.2 Å². The Kier molecular flexibility index (Phi) is 5.71. The number of carbonyl (C=O) groups excluding carboxylic acids is 1. The lowest BCUT2D eigenvalue weighted by molar-refractivity contribution is -0.383. The van der Waals surface area contributed by atoms with Gasteiger partial charge in [0.05, 0.1) is 10.4 Å². The second kappa shape index (κ2) is 8.06. The molecule has 10 heteroatoms. The summed E-state index contributed by atoms with van der Waals surface area (Å²) in [6.07, 6.45) is 1.12. The monoisotopic (exact) mass is 402 g/mol. The number of hydrogen-bond acceptors (Lipinski definition) is 8. The van der Waals surface area contributed by atoms with Crippen molar-refractivity contribution in [3.8, 4) is 0 Å². The van der Waals surface area contributed by atoms with Gasteiger partial charge in [-0.2, -0.15) is 0 Å². The quantitative estimate of drug-likeness (QED) is 0.613. The van der Waals surface area contributed by atoms with Crippen LogP contribution in [0.15, 0.2) is 18.5 Å². The van der Waals surface area contributed by atoms with Crippen molar-refractivity contribution in [1.29, 1.82) is 0 Å². The van der Waals surface area contributed by atoms with Crippen LogP contribution in [0.1, 0.15) is 27.7 Å². The maximum atomic E-state index is 12.3. The van der Waals surface area contributed by atoms with E-state index in [-0.39, 0.29) is 11.8 Å². The third-order valence-corrected chi connectivity index (χ3v) is 4.53. The number of amides is 1. The third-order valence-electron chi connectivity index (χ3n) is 4.53. The van der Waals surface area contributed by atoms with Crippen LogP contribution in [0.2, 0.25) is 0 Å². The molecule has 0 saturated carbocycles. The SMILES string of the molecule is CCNc1cc2ncnc(N3CCN(C(=O)OC(C)(C)C)CC3)c2cc1[N+](=O)[O-]. The summed E-state index contributed by atoms with van der Waals surface area (Å²) in [4.78, 5) is 35.7. The van der Waals surface area contributed by atoms with Crippen molar-refractivity contribution in [2.24, 2.45) is 0 Å². The van der Waals surface area contributed by atoms with Gasteiger partial charge < -0.3 is 19.9 Å². The molecule has 2 aromatic rings. The van der Waals surface area contributed by atoms with Gasteiger partial charge in [-0.1, -0.05) is 0 Å². The van der Waals surface area contributed by atoms with Gasteiger partial charge in [0.15, 0.2) is 0 Å². The fraction of sp³-hybridized carbons (Fsp3) is 0.526. The Morgan fingerprint density at radius 1 is 1.24 bits per heavy atom. The van der Waals surface area contributed by atoms with E-state index in [2.05, 4.69) is 15.3 Å². The van der Waals surface area contributed by atoms with E-state index in [4.69, 9.17) is 4.74 Å². The number of nitrogens with one attached hydrogen (secondary N) is 1. The lowest BCUT2D eigenvalue weighted by atomic mass is 10.1. The second-order valence-electron chi connectivity index (χ2n) is 7.83. The number of nitro groups is 1. The van der Waals surface area contributed by atoms with E-state index < -0.39 is 10.5 Å². The van der Waals surface area contributed by atoms with Crippen molar-refractivity contribution in [3.63, 3.8) is 0 Å². The summed E-state index contributed by atoms with van der Waals surface area (Å²) >= 11 is 0. The Balaban J connectivity index is 1.85. The van der Waals surface area contributed by atoms with Crippen LogP contribution in [-0.2, 0) is 4.74 Å². The normalized spacial score (nSPS) is 14.8. The van der Waals surface area contributed by atoms with Crippen LogP contribution >= 0.6 is 0 Å². The van der Waals surface area contributed by atoms with Crippen LogP contribution in [0, 0.1) is 10.1 Å². The van der Waals surface area contributed by atoms with Crippen LogP contribution in [0.25, 0.3) is 10.9 Å². The number of benzene rings is 1. The maximum absolute atomic E-state index is 12.3. The first kappa shape index (κ1) is 20.6. The summed E-state index contributed by atoms with van der Waals surface area (Å²) in [5.74, 6) is 0.630. The molecule has 0 unspecified atom stereocenters. The summed E-state index contributed by atoms with van der Waals surface area (Å²) in [5, 5.41) is 15.1. The number of anilines is 2. The number of fused-ring (bicyclic) bond motifs is 1. The number of ether oxygens (including phenoxy) is 1. The van der Waals surface area contributed by atoms with Crippen molar-refractivity contribution in [1.82, 2.24) is 14.9 Å². The minimum Gasteiger partial charge on any atom is -0.444 e. The molecule has 1 aliphatic rings. The summed E-state index contributed by atoms with van der Waals surface area (Å²) in [6.45, 7) is 10.0. The number of nitro benzene ring substituents is 1. The highest BCUT2D eigenvalue weighted by Crippen LogP contribution is 2.33. The minimum absolute atomic E-state index is 0.0113. The molecule has 1 amide bonds. The van der Waals surface area contributed by atoms with Gasteiger partial charge >= 0.3 is 6.09 Å². The van der Waals surface area contributed by atoms with Crippen molar-refractivity contribution in [2.75, 3.05) is 42.9 Å². The fourth-order valence-electron chi connectivity index (χ4n) is 3.24. The Labute approximate surface area is 169 Å². The van der Waals surface area contributed by atoms with Gasteiger partial charge in [0.25, 0.3) is 5.69 Å². The average molecular weight is 402 g/mol. The second-order valence-corrected chi connectivity index (χ2v) is 7.83. The van der Waals surface area contributed by atoms with Crippen LogP contribution < -0.4 is 10.2 Å². The van der Waals surface area contributed by atoms with Crippen LogP contribution in [0.3, 0.4) is 0 Å². The Morgan fingerprint density at radius 3 is 2.52 bits per heavy atom. The van der Waals surface area contributed by atoms with E-state index in [9.17, 15) is 14.9 Å². The van der Waals surface area contributed by atoms with E-state index in [1.807, 2.05) is 32.6 Å². The molecule has 3 rings (SSSR count). The van der Waals surface area contributed by atoms with E-state index >= 15 is 0 Å². The molecule has 1 aromatic heterocycles. The largest absolute Gasteiger partial charge is 0.444 e. The summed E-state index contributed by atoms with van der Waals surface area (Å²) in [5.41, 5.74) is 0.513. The molecule has 29 heavy (non-hydrogen) atoms. The molecule has 1 aliphatic heterocycles. The molecule has 0 radical (unpaired) electrons. The van der Waals surface area contributed by atoms with Gasteiger partial charge in [-0.25, -0.2) is 14.8 Å². The maximum Gasteiger partial charge on any atom is 0.410 e. The number of carbonyl (C=O) groups is 1. The van der Waals surface area contributed by atoms with Crippen LogP contribution in [0.5, 0.6) is 0 Å². The lowest BCUT2D eigenvalue weighted by Crippen LogP contribution is -2.50. The first-order chi connectivity index (χ1) is 13.7. The predicted molar refractivity (Wildman–Crippen MR) is 110 cm³/mol. The first-order valence-electron chi connectivity index (χ1n) is 9.59. The van der Waals surface area contributed by atoms with Crippen molar-refractivity contribution in [2.45, 2.75) is 33.3 Å². The highest BCUT2D eigenvalue weighted by atomic mass is 16.6. The van der Waals surface area contributed by atoms with E-state index in [0.29, 0.717) is 55.1 Å². The molecule has 0 atom stereocenters. The molecular weight excluding hydrogens is 376 g/mol. The molecule has 156 valence electrons. The molecule has 2 heterocycles. The average Bonchev–Trinajstić information content (AvgIpc) is 2.66. The molecule has 0 bridgehead atoms. The van der Waals surface area contributed by atoms with Gasteiger partial charge in [0.2, 0.25) is 0 Å². The van der Waals surface area contributed by atoms with Gasteiger partial charge in [-0.15, -0.1) is 0 Å². The fourth-order valence-corrected chi connectivity index (χ4v) is 3.24. The zero-order valence-corrected chi connectivity index (χ0v) is 17.1. The number of rotatable bonds is 4. The van der Waals surface area contributed by atoms with Gasteiger partial charge in [0, 0.05) is 44.2 Å². The van der Waals surface area contributed by atoms with Gasteiger partial charge in [0.1, 0.15) is 23.4 Å². The van der Waals surface area contributed by atoms with Crippen molar-refractivity contribution in [3.05, 3.63) is 28.6 Å². The topological polar surface area (TPSA) is 114 Å². The smallest absolute Gasteiger partial charge is 0.410 e. The Bertz CT molecular complexity index is 919. The third kappa shape index (κ3) is 4.64. The molecule has 1 saturated heterocycles. The molecule has 10 nitrogen and oxygen atoms in total. The van der Waals surface area contributed by atoms with Crippen molar-refractivity contribution < 1.29 is 14.5 Å². The summed E-state index contributed by atoms with van der Waals surface area (Å²) in [7, 11) is 0. The summed E-state index contributed by atoms with van der Waals surface area (Å²) in [6, 6.07) is 3.20. The highest BCUT2D eigenvalue weighted by Gasteiger charge is 2.27. The molecule has 1 aromatic carbocycles. The minimum atomic E-state index is -0.541. The van der Waals surface area contributed by atoms with Crippen LogP contribution in [0.4, 0.5) is 22.0 Å². The number of nitrogens with zero attached hydrogens (tertiary/aromatic N) is 5. The number of piperazine rings is 1. The molecule has 1 N–H and O–H groups in total. The molecule has 0 aliphatic carbocycles. The van der Waals surface area contributed by atoms with E-state index in [0.717, 1.165) is 0 Å². The van der Waals surface area contributed by atoms with Crippen LogP contribution in [-0.4, -0.2) is 64.2 Å². The Hall–Kier alpha value is -3.17. The van der Waals surface area contributed by atoms with E-state index in [1.54, 1.807) is 11.0 Å². The highest BCUT2D eigenvalue weighted by molar-refractivity contribution is 5.95.